The highest BCUT2D eigenvalue weighted by atomic mass is 35.5. The molecule has 2 aromatic rings. The van der Waals surface area contributed by atoms with Gasteiger partial charge in [-0.15, -0.1) is 13.2 Å². The van der Waals surface area contributed by atoms with Gasteiger partial charge < -0.3 is 19.5 Å². The predicted octanol–water partition coefficient (Wildman–Crippen LogP) is 5.90. The van der Waals surface area contributed by atoms with Crippen molar-refractivity contribution in [2.75, 3.05) is 24.2 Å². The van der Waals surface area contributed by atoms with Crippen molar-refractivity contribution in [1.82, 2.24) is 4.90 Å². The van der Waals surface area contributed by atoms with Gasteiger partial charge in [0.05, 0.1) is 21.9 Å². The van der Waals surface area contributed by atoms with E-state index < -0.39 is 51.6 Å². The minimum Gasteiger partial charge on any atom is -0.460 e. The van der Waals surface area contributed by atoms with E-state index in [4.69, 9.17) is 21.1 Å². The van der Waals surface area contributed by atoms with E-state index in [-0.39, 0.29) is 57.3 Å². The molecule has 2 aromatic carbocycles. The van der Waals surface area contributed by atoms with Crippen LogP contribution in [0.15, 0.2) is 35.2 Å². The monoisotopic (exact) mass is 676 g/mol. The van der Waals surface area contributed by atoms with Crippen LogP contribution in [-0.2, 0) is 42.1 Å². The fourth-order valence-corrected chi connectivity index (χ4v) is 6.15. The van der Waals surface area contributed by atoms with Crippen molar-refractivity contribution in [3.63, 3.8) is 0 Å². The topological polar surface area (TPSA) is 128 Å². The number of likely N-dealkylation sites (tertiary alicyclic amines) is 1. The lowest BCUT2D eigenvalue weighted by atomic mass is 10.0. The first kappa shape index (κ1) is 36.1. The summed E-state index contributed by atoms with van der Waals surface area (Å²) in [5.41, 5.74) is -1.13. The molecule has 1 amide bonds. The molecule has 0 spiro atoms. The summed E-state index contributed by atoms with van der Waals surface area (Å²) in [7, 11) is -3.73. The molecule has 248 valence electrons. The van der Waals surface area contributed by atoms with Crippen molar-refractivity contribution < 1.29 is 50.2 Å². The maximum atomic E-state index is 13.5. The molecule has 0 radical (unpaired) electrons. The van der Waals surface area contributed by atoms with Gasteiger partial charge in [-0.05, 0) is 70.0 Å². The van der Waals surface area contributed by atoms with Crippen LogP contribution in [0.2, 0.25) is 5.02 Å². The number of nitrogens with one attached hydrogen (secondary N) is 1. The van der Waals surface area contributed by atoms with Gasteiger partial charge in [-0.25, -0.2) is 13.2 Å². The number of benzene rings is 2. The summed E-state index contributed by atoms with van der Waals surface area (Å²) in [5, 5.41) is 2.62. The smallest absolute Gasteiger partial charge is 0.460 e. The molecule has 0 aromatic heterocycles. The summed E-state index contributed by atoms with van der Waals surface area (Å²) in [6.45, 7) is 8.11. The highest BCUT2D eigenvalue weighted by Crippen LogP contribution is 2.35. The van der Waals surface area contributed by atoms with E-state index in [0.29, 0.717) is 19.5 Å². The van der Waals surface area contributed by atoms with Crippen LogP contribution < -0.4 is 10.1 Å². The van der Waals surface area contributed by atoms with Crippen molar-refractivity contribution in [2.45, 2.75) is 77.5 Å². The molecule has 1 aliphatic rings. The average Bonchev–Trinajstić information content (AvgIpc) is 3.32. The van der Waals surface area contributed by atoms with Crippen molar-refractivity contribution in [3.05, 3.63) is 52.0 Å². The summed E-state index contributed by atoms with van der Waals surface area (Å²) in [5.74, 6) is -3.12. The van der Waals surface area contributed by atoms with E-state index in [0.717, 1.165) is 13.0 Å². The Morgan fingerprint density at radius 2 is 1.78 bits per heavy atom. The number of ether oxygens (including phenoxy) is 3. The van der Waals surface area contributed by atoms with Crippen LogP contribution in [0.4, 0.5) is 18.9 Å². The highest BCUT2D eigenvalue weighted by molar-refractivity contribution is 7.91. The van der Waals surface area contributed by atoms with Gasteiger partial charge >= 0.3 is 18.3 Å². The molecule has 0 aliphatic carbocycles. The van der Waals surface area contributed by atoms with Crippen LogP contribution in [0.3, 0.4) is 0 Å². The predicted molar refractivity (Wildman–Crippen MR) is 160 cm³/mol. The number of hydrogen-bond acceptors (Lipinski definition) is 9. The number of anilines is 1. The Balaban J connectivity index is 1.90. The normalized spacial score (nSPS) is 15.9. The first-order valence-corrected chi connectivity index (χ1v) is 16.1. The van der Waals surface area contributed by atoms with E-state index in [1.807, 2.05) is 4.90 Å². The van der Waals surface area contributed by atoms with E-state index in [9.17, 15) is 36.0 Å². The minimum atomic E-state index is -5.11. The molecule has 1 heterocycles. The van der Waals surface area contributed by atoms with Gasteiger partial charge in [0.1, 0.15) is 18.0 Å². The number of rotatable bonds is 11. The third-order valence-corrected chi connectivity index (χ3v) is 8.76. The van der Waals surface area contributed by atoms with E-state index >= 15 is 0 Å². The Morgan fingerprint density at radius 3 is 2.38 bits per heavy atom. The standard InChI is InChI=1S/C30H36ClF3N2O8S/c1-6-45(40,41)26-8-7-22(31)12-21(26)17-42-28(39)23-14-25(43-30(32,33)34)20(13-24(23)35-18(2)37)16-36-10-9-19(15-36)11-27(38)44-29(3,4)5/h7-8,12-14,19H,6,9-11,15-17H2,1-5H3,(H,35,37)/t19-/m0/s1. The van der Waals surface area contributed by atoms with Crippen molar-refractivity contribution in [3.8, 4) is 5.75 Å². The number of amides is 1. The second kappa shape index (κ2) is 14.4. The zero-order valence-electron chi connectivity index (χ0n) is 25.5. The van der Waals surface area contributed by atoms with Gasteiger partial charge in [0, 0.05) is 42.6 Å². The molecular weight excluding hydrogens is 641 g/mol. The molecular formula is C30H36ClF3N2O8S. The first-order chi connectivity index (χ1) is 20.8. The fraction of sp³-hybridized carbons (Fsp3) is 0.500. The average molecular weight is 677 g/mol. The quantitative estimate of drug-likeness (QED) is 0.289. The van der Waals surface area contributed by atoms with Gasteiger partial charge in [-0.3, -0.25) is 14.5 Å². The lowest BCUT2D eigenvalue weighted by Crippen LogP contribution is -2.26. The third kappa shape index (κ3) is 10.9. The number of alkyl halides is 3. The summed E-state index contributed by atoms with van der Waals surface area (Å²) < 4.78 is 80.4. The molecule has 45 heavy (non-hydrogen) atoms. The van der Waals surface area contributed by atoms with E-state index in [2.05, 4.69) is 10.1 Å². The molecule has 0 bridgehead atoms. The molecule has 0 saturated carbocycles. The minimum absolute atomic E-state index is 0.0247. The Bertz CT molecular complexity index is 1540. The lowest BCUT2D eigenvalue weighted by molar-refractivity contribution is -0.275. The zero-order valence-corrected chi connectivity index (χ0v) is 27.1. The summed E-state index contributed by atoms with van der Waals surface area (Å²) in [6.07, 6.45) is -4.35. The number of carbonyl (C=O) groups is 3. The summed E-state index contributed by atoms with van der Waals surface area (Å²) >= 11 is 6.02. The molecule has 1 aliphatic heterocycles. The number of esters is 2. The number of carbonyl (C=O) groups excluding carboxylic acids is 3. The Morgan fingerprint density at radius 1 is 1.09 bits per heavy atom. The Kier molecular flexibility index (Phi) is 11.5. The molecule has 1 N–H and O–H groups in total. The van der Waals surface area contributed by atoms with E-state index in [1.54, 1.807) is 20.8 Å². The van der Waals surface area contributed by atoms with Gasteiger partial charge in [0.15, 0.2) is 9.84 Å². The van der Waals surface area contributed by atoms with Crippen LogP contribution in [0, 0.1) is 5.92 Å². The summed E-state index contributed by atoms with van der Waals surface area (Å²) in [4.78, 5) is 39.2. The van der Waals surface area contributed by atoms with Gasteiger partial charge in [-0.2, -0.15) is 0 Å². The zero-order chi connectivity index (χ0) is 33.7. The van der Waals surface area contributed by atoms with Crippen LogP contribution >= 0.6 is 11.6 Å². The number of nitrogens with zero attached hydrogens (tertiary/aromatic N) is 1. The number of hydrogen-bond donors (Lipinski definition) is 1. The van der Waals surface area contributed by atoms with Crippen LogP contribution in [0.5, 0.6) is 5.75 Å². The fourth-order valence-electron chi connectivity index (χ4n) is 4.85. The van der Waals surface area contributed by atoms with Crippen LogP contribution in [-0.4, -0.2) is 62.0 Å². The molecule has 1 atom stereocenters. The molecule has 3 rings (SSSR count). The van der Waals surface area contributed by atoms with Crippen LogP contribution in [0.1, 0.15) is 68.9 Å². The van der Waals surface area contributed by atoms with Gasteiger partial charge in [-0.1, -0.05) is 18.5 Å². The molecule has 1 fully saturated rings. The van der Waals surface area contributed by atoms with Crippen molar-refractivity contribution in [2.24, 2.45) is 5.92 Å². The second-order valence-electron chi connectivity index (χ2n) is 11.6. The third-order valence-electron chi connectivity index (χ3n) is 6.69. The van der Waals surface area contributed by atoms with Crippen LogP contribution in [0.25, 0.3) is 0 Å². The largest absolute Gasteiger partial charge is 0.573 e. The second-order valence-corrected chi connectivity index (χ2v) is 14.3. The van der Waals surface area contributed by atoms with Crippen molar-refractivity contribution >= 4 is 45.0 Å². The SMILES string of the molecule is CCS(=O)(=O)c1ccc(Cl)cc1COC(=O)c1cc(OC(F)(F)F)c(CN2CC[C@@H](CC(=O)OC(C)(C)C)C2)cc1NC(C)=O. The van der Waals surface area contributed by atoms with Crippen molar-refractivity contribution in [1.29, 1.82) is 0 Å². The van der Waals surface area contributed by atoms with Gasteiger partial charge in [0.2, 0.25) is 5.91 Å². The Hall–Kier alpha value is -3.36. The molecule has 10 nitrogen and oxygen atoms in total. The summed E-state index contributed by atoms with van der Waals surface area (Å²) in [6, 6.07) is 5.97. The molecule has 1 saturated heterocycles. The maximum absolute atomic E-state index is 13.5. The molecule has 0 unspecified atom stereocenters. The highest BCUT2D eigenvalue weighted by Gasteiger charge is 2.34. The maximum Gasteiger partial charge on any atom is 0.573 e. The first-order valence-electron chi connectivity index (χ1n) is 14.1. The van der Waals surface area contributed by atoms with E-state index in [1.165, 1.54) is 31.2 Å². The Labute approximate surface area is 265 Å². The van der Waals surface area contributed by atoms with Gasteiger partial charge in [0.25, 0.3) is 0 Å². The number of halogens is 4. The molecule has 15 heteroatoms. The lowest BCUT2D eigenvalue weighted by Gasteiger charge is -2.22. The number of sulfone groups is 1.